The molecular formula is C15H18N2O3. The number of furan rings is 1. The highest BCUT2D eigenvalue weighted by Crippen LogP contribution is 2.47. The van der Waals surface area contributed by atoms with Gasteiger partial charge in [0.1, 0.15) is 17.3 Å². The Labute approximate surface area is 117 Å². The van der Waals surface area contributed by atoms with Gasteiger partial charge in [0.25, 0.3) is 0 Å². The summed E-state index contributed by atoms with van der Waals surface area (Å²) < 4.78 is 10.7. The molecule has 0 aromatic carbocycles. The summed E-state index contributed by atoms with van der Waals surface area (Å²) in [5.41, 5.74) is 0. The molecular weight excluding hydrogens is 256 g/mol. The van der Waals surface area contributed by atoms with Crippen molar-refractivity contribution in [3.63, 3.8) is 0 Å². The first-order chi connectivity index (χ1) is 9.61. The molecule has 2 aromatic heterocycles. The zero-order valence-electron chi connectivity index (χ0n) is 11.7. The van der Waals surface area contributed by atoms with Crippen molar-refractivity contribution >= 4 is 11.7 Å². The van der Waals surface area contributed by atoms with E-state index in [1.54, 1.807) is 13.0 Å². The van der Waals surface area contributed by atoms with Crippen molar-refractivity contribution in [2.24, 2.45) is 5.92 Å². The normalized spacial score (nSPS) is 20.9. The predicted octanol–water partition coefficient (Wildman–Crippen LogP) is 3.27. The van der Waals surface area contributed by atoms with Gasteiger partial charge in [-0.1, -0.05) is 12.1 Å². The lowest BCUT2D eigenvalue weighted by molar-refractivity contribution is -0.116. The minimum atomic E-state index is -0.0870. The molecule has 3 rings (SSSR count). The summed E-state index contributed by atoms with van der Waals surface area (Å²) in [6.45, 7) is 4.01. The van der Waals surface area contributed by atoms with Crippen molar-refractivity contribution in [3.05, 3.63) is 35.5 Å². The lowest BCUT2D eigenvalue weighted by Crippen LogP contribution is -2.12. The number of aryl methyl sites for hydroxylation is 2. The number of amides is 1. The molecule has 0 aliphatic heterocycles. The van der Waals surface area contributed by atoms with Crippen LogP contribution in [0.15, 0.2) is 27.1 Å². The smallest absolute Gasteiger partial charge is 0.226 e. The Hall–Kier alpha value is -2.04. The largest absolute Gasteiger partial charge is 0.466 e. The van der Waals surface area contributed by atoms with Gasteiger partial charge in [0, 0.05) is 24.8 Å². The van der Waals surface area contributed by atoms with E-state index in [2.05, 4.69) is 17.4 Å². The topological polar surface area (TPSA) is 68.3 Å². The van der Waals surface area contributed by atoms with Crippen LogP contribution in [0.4, 0.5) is 5.82 Å². The number of hydrogen-bond donors (Lipinski definition) is 1. The fourth-order valence-electron chi connectivity index (χ4n) is 2.31. The maximum absolute atomic E-state index is 11.8. The van der Waals surface area contributed by atoms with E-state index in [4.69, 9.17) is 8.94 Å². The number of anilines is 1. The summed E-state index contributed by atoms with van der Waals surface area (Å²) in [5.74, 6) is 4.28. The van der Waals surface area contributed by atoms with E-state index in [9.17, 15) is 4.79 Å². The van der Waals surface area contributed by atoms with Crippen LogP contribution in [0.25, 0.3) is 0 Å². The minimum absolute atomic E-state index is 0.0870. The first-order valence-electron chi connectivity index (χ1n) is 6.93. The van der Waals surface area contributed by atoms with Crippen molar-refractivity contribution in [1.82, 2.24) is 5.16 Å². The molecule has 1 amide bonds. The van der Waals surface area contributed by atoms with E-state index in [0.717, 1.165) is 17.4 Å². The van der Waals surface area contributed by atoms with Gasteiger partial charge in [-0.15, -0.1) is 0 Å². The molecule has 1 aliphatic rings. The van der Waals surface area contributed by atoms with Crippen molar-refractivity contribution in [2.45, 2.75) is 39.0 Å². The summed E-state index contributed by atoms with van der Waals surface area (Å²) in [6.07, 6.45) is 2.18. The Morgan fingerprint density at radius 2 is 2.30 bits per heavy atom. The molecule has 0 spiro atoms. The van der Waals surface area contributed by atoms with Gasteiger partial charge in [0.05, 0.1) is 0 Å². The number of rotatable bonds is 5. The van der Waals surface area contributed by atoms with Gasteiger partial charge < -0.3 is 14.3 Å². The molecule has 0 radical (unpaired) electrons. The lowest BCUT2D eigenvalue weighted by Gasteiger charge is -1.99. The number of nitrogens with zero attached hydrogens (tertiary/aromatic N) is 1. The molecule has 1 fully saturated rings. The van der Waals surface area contributed by atoms with Crippen molar-refractivity contribution in [1.29, 1.82) is 0 Å². The van der Waals surface area contributed by atoms with Crippen LogP contribution < -0.4 is 5.32 Å². The van der Waals surface area contributed by atoms with Gasteiger partial charge in [-0.25, -0.2) is 0 Å². The fraction of sp³-hybridized carbons (Fsp3) is 0.467. The monoisotopic (exact) mass is 274 g/mol. The van der Waals surface area contributed by atoms with E-state index in [1.165, 1.54) is 6.42 Å². The fourth-order valence-corrected chi connectivity index (χ4v) is 2.31. The SMILES string of the molecule is Cc1cc(NC(=O)CCc2ccc(C3CC3C)o2)no1. The average Bonchev–Trinajstić information content (AvgIpc) is 2.82. The average molecular weight is 274 g/mol. The van der Waals surface area contributed by atoms with Gasteiger partial charge in [0.2, 0.25) is 5.91 Å². The van der Waals surface area contributed by atoms with E-state index < -0.39 is 0 Å². The third kappa shape index (κ3) is 2.92. The van der Waals surface area contributed by atoms with E-state index >= 15 is 0 Å². The van der Waals surface area contributed by atoms with Gasteiger partial charge in [0.15, 0.2) is 5.82 Å². The Kier molecular flexibility index (Phi) is 3.34. The third-order valence-electron chi connectivity index (χ3n) is 3.65. The molecule has 20 heavy (non-hydrogen) atoms. The van der Waals surface area contributed by atoms with Crippen LogP contribution in [0, 0.1) is 12.8 Å². The van der Waals surface area contributed by atoms with Crippen molar-refractivity contribution < 1.29 is 13.7 Å². The Morgan fingerprint density at radius 3 is 2.95 bits per heavy atom. The van der Waals surface area contributed by atoms with Crippen molar-refractivity contribution in [2.75, 3.05) is 5.32 Å². The summed E-state index contributed by atoms with van der Waals surface area (Å²) in [4.78, 5) is 11.8. The summed E-state index contributed by atoms with van der Waals surface area (Å²) >= 11 is 0. The molecule has 106 valence electrons. The van der Waals surface area contributed by atoms with Crippen LogP contribution in [0.1, 0.15) is 43.0 Å². The second-order valence-corrected chi connectivity index (χ2v) is 5.49. The zero-order valence-corrected chi connectivity index (χ0v) is 11.7. The van der Waals surface area contributed by atoms with E-state index in [1.807, 2.05) is 12.1 Å². The number of hydrogen-bond acceptors (Lipinski definition) is 4. The second-order valence-electron chi connectivity index (χ2n) is 5.49. The highest BCUT2D eigenvalue weighted by molar-refractivity contribution is 5.89. The van der Waals surface area contributed by atoms with E-state index in [-0.39, 0.29) is 5.91 Å². The molecule has 0 saturated heterocycles. The molecule has 1 saturated carbocycles. The molecule has 2 unspecified atom stereocenters. The predicted molar refractivity (Wildman–Crippen MR) is 73.4 cm³/mol. The molecule has 2 atom stereocenters. The Bertz CT molecular complexity index is 614. The number of nitrogens with one attached hydrogen (secondary N) is 1. The standard InChI is InChI=1S/C15H18N2O3/c1-9-7-12(9)13-5-3-11(19-13)4-6-15(18)16-14-8-10(2)20-17-14/h3,5,8-9,12H,4,6-7H2,1-2H3,(H,16,17,18). The number of carbonyl (C=O) groups is 1. The Morgan fingerprint density at radius 1 is 1.50 bits per heavy atom. The van der Waals surface area contributed by atoms with Crippen LogP contribution in [-0.2, 0) is 11.2 Å². The molecule has 5 heteroatoms. The van der Waals surface area contributed by atoms with Crippen LogP contribution >= 0.6 is 0 Å². The van der Waals surface area contributed by atoms with E-state index in [0.29, 0.717) is 30.3 Å². The lowest BCUT2D eigenvalue weighted by atomic mass is 10.2. The minimum Gasteiger partial charge on any atom is -0.466 e. The van der Waals surface area contributed by atoms with Crippen molar-refractivity contribution in [3.8, 4) is 0 Å². The van der Waals surface area contributed by atoms with Gasteiger partial charge in [-0.3, -0.25) is 4.79 Å². The Balaban J connectivity index is 1.49. The second kappa shape index (κ2) is 5.15. The summed E-state index contributed by atoms with van der Waals surface area (Å²) in [6, 6.07) is 5.69. The summed E-state index contributed by atoms with van der Waals surface area (Å²) in [5, 5.41) is 6.42. The quantitative estimate of drug-likeness (QED) is 0.908. The number of aromatic nitrogens is 1. The van der Waals surface area contributed by atoms with Gasteiger partial charge >= 0.3 is 0 Å². The molecule has 5 nitrogen and oxygen atoms in total. The molecule has 1 aliphatic carbocycles. The van der Waals surface area contributed by atoms with Crippen LogP contribution in [0.3, 0.4) is 0 Å². The molecule has 1 N–H and O–H groups in total. The van der Waals surface area contributed by atoms with Crippen LogP contribution in [-0.4, -0.2) is 11.1 Å². The van der Waals surface area contributed by atoms with Gasteiger partial charge in [-0.2, -0.15) is 0 Å². The van der Waals surface area contributed by atoms with Crippen LogP contribution in [0.2, 0.25) is 0 Å². The summed E-state index contributed by atoms with van der Waals surface area (Å²) in [7, 11) is 0. The number of carbonyl (C=O) groups excluding carboxylic acids is 1. The first-order valence-corrected chi connectivity index (χ1v) is 6.93. The highest BCUT2D eigenvalue weighted by atomic mass is 16.5. The molecule has 2 aromatic rings. The zero-order chi connectivity index (χ0) is 14.1. The third-order valence-corrected chi connectivity index (χ3v) is 3.65. The molecule has 0 bridgehead atoms. The first kappa shape index (κ1) is 13.0. The maximum atomic E-state index is 11.8. The maximum Gasteiger partial charge on any atom is 0.226 e. The molecule has 2 heterocycles. The highest BCUT2D eigenvalue weighted by Gasteiger charge is 2.36. The van der Waals surface area contributed by atoms with Crippen LogP contribution in [0.5, 0.6) is 0 Å². The van der Waals surface area contributed by atoms with Gasteiger partial charge in [-0.05, 0) is 31.4 Å².